The van der Waals surface area contributed by atoms with E-state index in [1.807, 2.05) is 7.05 Å². The van der Waals surface area contributed by atoms with Gasteiger partial charge >= 0.3 is 0 Å². The molecule has 0 heterocycles. The molecule has 2 aromatic rings. The van der Waals surface area contributed by atoms with Gasteiger partial charge in [-0.2, -0.15) is 0 Å². The lowest BCUT2D eigenvalue weighted by Gasteiger charge is -2.19. The molecule has 2 aromatic carbocycles. The SMILES string of the molecule is CNC(Cc1ccc(C)c(C)c1)c1cccc(C)c1Cl. The van der Waals surface area contributed by atoms with E-state index < -0.39 is 0 Å². The van der Waals surface area contributed by atoms with Crippen LogP contribution in [-0.4, -0.2) is 7.05 Å². The van der Waals surface area contributed by atoms with E-state index in [-0.39, 0.29) is 6.04 Å². The van der Waals surface area contributed by atoms with Gasteiger partial charge in [0.15, 0.2) is 0 Å². The quantitative estimate of drug-likeness (QED) is 0.854. The Morgan fingerprint density at radius 3 is 2.40 bits per heavy atom. The molecule has 0 bridgehead atoms. The molecule has 1 atom stereocenters. The Labute approximate surface area is 127 Å². The first-order chi connectivity index (χ1) is 9.52. The fourth-order valence-corrected chi connectivity index (χ4v) is 2.73. The number of aryl methyl sites for hydroxylation is 3. The summed E-state index contributed by atoms with van der Waals surface area (Å²) in [5.74, 6) is 0. The van der Waals surface area contributed by atoms with Crippen molar-refractivity contribution < 1.29 is 0 Å². The van der Waals surface area contributed by atoms with Crippen molar-refractivity contribution in [2.45, 2.75) is 33.2 Å². The second-order valence-corrected chi connectivity index (χ2v) is 5.82. The maximum Gasteiger partial charge on any atom is 0.0483 e. The Balaban J connectivity index is 2.28. The van der Waals surface area contributed by atoms with Gasteiger partial charge in [-0.25, -0.2) is 0 Å². The van der Waals surface area contributed by atoms with Gasteiger partial charge in [-0.3, -0.25) is 0 Å². The Morgan fingerprint density at radius 2 is 1.75 bits per heavy atom. The Kier molecular flexibility index (Phi) is 4.85. The van der Waals surface area contributed by atoms with Crippen LogP contribution >= 0.6 is 11.6 Å². The summed E-state index contributed by atoms with van der Waals surface area (Å²) in [6.45, 7) is 6.35. The van der Waals surface area contributed by atoms with Crippen LogP contribution < -0.4 is 5.32 Å². The predicted octanol–water partition coefficient (Wildman–Crippen LogP) is 4.77. The lowest BCUT2D eigenvalue weighted by Crippen LogP contribution is -2.19. The topological polar surface area (TPSA) is 12.0 Å². The minimum atomic E-state index is 0.240. The van der Waals surface area contributed by atoms with Crippen LogP contribution in [0.25, 0.3) is 0 Å². The lowest BCUT2D eigenvalue weighted by molar-refractivity contribution is 0.591. The van der Waals surface area contributed by atoms with Gasteiger partial charge in [0.05, 0.1) is 0 Å². The van der Waals surface area contributed by atoms with Gasteiger partial charge in [0.25, 0.3) is 0 Å². The molecule has 0 aliphatic carbocycles. The van der Waals surface area contributed by atoms with Crippen LogP contribution in [0.3, 0.4) is 0 Å². The molecule has 1 nitrogen and oxygen atoms in total. The van der Waals surface area contributed by atoms with Gasteiger partial charge in [-0.05, 0) is 62.1 Å². The van der Waals surface area contributed by atoms with Crippen LogP contribution in [0.5, 0.6) is 0 Å². The van der Waals surface area contributed by atoms with Gasteiger partial charge in [-0.15, -0.1) is 0 Å². The van der Waals surface area contributed by atoms with E-state index in [0.29, 0.717) is 0 Å². The van der Waals surface area contributed by atoms with Gasteiger partial charge in [-0.1, -0.05) is 48.0 Å². The Bertz CT molecular complexity index is 604. The number of nitrogens with one attached hydrogen (secondary N) is 1. The van der Waals surface area contributed by atoms with Crippen molar-refractivity contribution in [1.82, 2.24) is 5.32 Å². The summed E-state index contributed by atoms with van der Waals surface area (Å²) in [6.07, 6.45) is 0.945. The fourth-order valence-electron chi connectivity index (χ4n) is 2.47. The molecular weight excluding hydrogens is 266 g/mol. The highest BCUT2D eigenvalue weighted by Gasteiger charge is 2.14. The first-order valence-corrected chi connectivity index (χ1v) is 7.39. The average Bonchev–Trinajstić information content (AvgIpc) is 2.43. The van der Waals surface area contributed by atoms with E-state index in [2.05, 4.69) is 62.5 Å². The minimum absolute atomic E-state index is 0.240. The number of benzene rings is 2. The fraction of sp³-hybridized carbons (Fsp3) is 0.333. The normalized spacial score (nSPS) is 12.4. The second kappa shape index (κ2) is 6.43. The highest BCUT2D eigenvalue weighted by atomic mass is 35.5. The maximum absolute atomic E-state index is 6.45. The molecule has 0 spiro atoms. The highest BCUT2D eigenvalue weighted by Crippen LogP contribution is 2.28. The minimum Gasteiger partial charge on any atom is -0.313 e. The van der Waals surface area contributed by atoms with Crippen LogP contribution in [0.1, 0.15) is 33.9 Å². The van der Waals surface area contributed by atoms with Crippen LogP contribution in [0.4, 0.5) is 0 Å². The number of likely N-dealkylation sites (N-methyl/N-ethyl adjacent to an activating group) is 1. The van der Waals surface area contributed by atoms with E-state index in [1.165, 1.54) is 22.3 Å². The first kappa shape index (κ1) is 15.1. The zero-order chi connectivity index (χ0) is 14.7. The lowest BCUT2D eigenvalue weighted by atomic mass is 9.95. The Morgan fingerprint density at radius 1 is 1.00 bits per heavy atom. The third-order valence-corrected chi connectivity index (χ3v) is 4.47. The van der Waals surface area contributed by atoms with Crippen molar-refractivity contribution in [3.05, 3.63) is 69.2 Å². The largest absolute Gasteiger partial charge is 0.313 e. The molecule has 0 aliphatic heterocycles. The number of hydrogen-bond donors (Lipinski definition) is 1. The molecule has 0 amide bonds. The van der Waals surface area contributed by atoms with E-state index >= 15 is 0 Å². The van der Waals surface area contributed by atoms with Crippen molar-refractivity contribution in [3.63, 3.8) is 0 Å². The standard InChI is InChI=1S/C18H22ClN/c1-12-8-9-15(10-14(12)3)11-17(20-4)16-7-5-6-13(2)18(16)19/h5-10,17,20H,11H2,1-4H3. The van der Waals surface area contributed by atoms with Crippen LogP contribution in [0.2, 0.25) is 5.02 Å². The van der Waals surface area contributed by atoms with Crippen LogP contribution in [0, 0.1) is 20.8 Å². The smallest absolute Gasteiger partial charge is 0.0483 e. The van der Waals surface area contributed by atoms with Crippen molar-refractivity contribution in [2.24, 2.45) is 0 Å². The molecule has 0 fully saturated rings. The third-order valence-electron chi connectivity index (χ3n) is 3.96. The molecule has 1 unspecified atom stereocenters. The Hall–Kier alpha value is -1.31. The van der Waals surface area contributed by atoms with Crippen molar-refractivity contribution in [3.8, 4) is 0 Å². The molecule has 2 rings (SSSR count). The van der Waals surface area contributed by atoms with Gasteiger partial charge in [0.2, 0.25) is 0 Å². The summed E-state index contributed by atoms with van der Waals surface area (Å²) in [5, 5.41) is 4.26. The maximum atomic E-state index is 6.45. The number of hydrogen-bond acceptors (Lipinski definition) is 1. The molecule has 0 radical (unpaired) electrons. The van der Waals surface area contributed by atoms with E-state index in [4.69, 9.17) is 11.6 Å². The summed E-state index contributed by atoms with van der Waals surface area (Å²) in [4.78, 5) is 0. The van der Waals surface area contributed by atoms with Crippen LogP contribution in [-0.2, 0) is 6.42 Å². The summed E-state index contributed by atoms with van der Waals surface area (Å²) in [7, 11) is 1.99. The molecule has 0 saturated carbocycles. The van der Waals surface area contributed by atoms with Crippen molar-refractivity contribution >= 4 is 11.6 Å². The molecule has 20 heavy (non-hydrogen) atoms. The molecule has 106 valence electrons. The monoisotopic (exact) mass is 287 g/mol. The van der Waals surface area contributed by atoms with Gasteiger partial charge in [0, 0.05) is 11.1 Å². The molecule has 0 aliphatic rings. The summed E-state index contributed by atoms with van der Waals surface area (Å²) in [6, 6.07) is 13.1. The average molecular weight is 288 g/mol. The van der Waals surface area contributed by atoms with Crippen molar-refractivity contribution in [2.75, 3.05) is 7.05 Å². The zero-order valence-electron chi connectivity index (χ0n) is 12.6. The van der Waals surface area contributed by atoms with Gasteiger partial charge in [0.1, 0.15) is 0 Å². The third kappa shape index (κ3) is 3.23. The summed E-state index contributed by atoms with van der Waals surface area (Å²) < 4.78 is 0. The predicted molar refractivity (Wildman–Crippen MR) is 87.6 cm³/mol. The zero-order valence-corrected chi connectivity index (χ0v) is 13.4. The van der Waals surface area contributed by atoms with E-state index in [0.717, 1.165) is 17.0 Å². The first-order valence-electron chi connectivity index (χ1n) is 7.01. The number of halogens is 1. The second-order valence-electron chi connectivity index (χ2n) is 5.44. The molecule has 0 saturated heterocycles. The van der Waals surface area contributed by atoms with E-state index in [1.54, 1.807) is 0 Å². The van der Waals surface area contributed by atoms with Crippen LogP contribution in [0.15, 0.2) is 36.4 Å². The van der Waals surface area contributed by atoms with Crippen molar-refractivity contribution in [1.29, 1.82) is 0 Å². The number of rotatable bonds is 4. The molecule has 2 heteroatoms. The summed E-state index contributed by atoms with van der Waals surface area (Å²) >= 11 is 6.45. The van der Waals surface area contributed by atoms with E-state index in [9.17, 15) is 0 Å². The molecule has 1 N–H and O–H groups in total. The van der Waals surface area contributed by atoms with Gasteiger partial charge < -0.3 is 5.32 Å². The summed E-state index contributed by atoms with van der Waals surface area (Å²) in [5.41, 5.74) is 6.32. The molecular formula is C18H22ClN. The highest BCUT2D eigenvalue weighted by molar-refractivity contribution is 6.32. The molecule has 0 aromatic heterocycles.